The highest BCUT2D eigenvalue weighted by atomic mass is 16.5. The lowest BCUT2D eigenvalue weighted by Crippen LogP contribution is -2.30. The number of esters is 1. The maximum absolute atomic E-state index is 11.3. The molecule has 0 bridgehead atoms. The number of nitrogen functional groups attached to an aromatic ring is 1. The summed E-state index contributed by atoms with van der Waals surface area (Å²) in [6, 6.07) is 4.70. The summed E-state index contributed by atoms with van der Waals surface area (Å²) in [6.07, 6.45) is 0. The van der Waals surface area contributed by atoms with Gasteiger partial charge in [-0.25, -0.2) is 10.6 Å². The molecule has 15 heavy (non-hydrogen) atoms. The number of hydrogen-bond donors (Lipinski definition) is 2. The second-order valence-electron chi connectivity index (χ2n) is 2.99. The number of hydrogen-bond acceptors (Lipinski definition) is 4. The van der Waals surface area contributed by atoms with E-state index < -0.39 is 11.9 Å². The summed E-state index contributed by atoms with van der Waals surface area (Å²) in [5.41, 5.74) is 3.42. The van der Waals surface area contributed by atoms with Crippen LogP contribution >= 0.6 is 0 Å². The van der Waals surface area contributed by atoms with Crippen LogP contribution in [0.4, 0.5) is 0 Å². The molecule has 0 atom stereocenters. The van der Waals surface area contributed by atoms with E-state index in [1.54, 1.807) is 19.1 Å². The summed E-state index contributed by atoms with van der Waals surface area (Å²) < 4.78 is 4.58. The number of nitrogens with two attached hydrogens (primary N) is 1. The minimum atomic E-state index is -0.473. The second kappa shape index (κ2) is 4.56. The first-order valence-electron chi connectivity index (χ1n) is 4.30. The minimum absolute atomic E-state index is 0.323. The molecule has 1 aromatic carbocycles. The Balaban J connectivity index is 3.16. The number of rotatable bonds is 2. The quantitative estimate of drug-likeness (QED) is 0.319. The minimum Gasteiger partial charge on any atom is -0.465 e. The van der Waals surface area contributed by atoms with Crippen molar-refractivity contribution < 1.29 is 14.3 Å². The fourth-order valence-electron chi connectivity index (χ4n) is 1.18. The van der Waals surface area contributed by atoms with Gasteiger partial charge in [0, 0.05) is 5.56 Å². The number of aryl methyl sites for hydroxylation is 1. The van der Waals surface area contributed by atoms with Gasteiger partial charge in [-0.3, -0.25) is 10.2 Å². The molecule has 0 aromatic heterocycles. The molecule has 0 aliphatic heterocycles. The van der Waals surface area contributed by atoms with E-state index in [4.69, 9.17) is 5.84 Å². The van der Waals surface area contributed by atoms with Crippen molar-refractivity contribution in [1.82, 2.24) is 5.43 Å². The second-order valence-corrected chi connectivity index (χ2v) is 2.99. The largest absolute Gasteiger partial charge is 0.465 e. The fourth-order valence-corrected chi connectivity index (χ4v) is 1.18. The number of ether oxygens (including phenoxy) is 1. The number of methoxy groups -OCH3 is 1. The molecule has 5 nitrogen and oxygen atoms in total. The Morgan fingerprint density at radius 3 is 2.60 bits per heavy atom. The van der Waals surface area contributed by atoms with Crippen LogP contribution in [0.15, 0.2) is 18.2 Å². The van der Waals surface area contributed by atoms with Gasteiger partial charge >= 0.3 is 5.97 Å². The molecular weight excluding hydrogens is 196 g/mol. The highest BCUT2D eigenvalue weighted by Gasteiger charge is 2.12. The molecule has 0 unspecified atom stereocenters. The smallest absolute Gasteiger partial charge is 0.338 e. The number of hydrazine groups is 1. The summed E-state index contributed by atoms with van der Waals surface area (Å²) in [7, 11) is 1.29. The van der Waals surface area contributed by atoms with E-state index in [0.29, 0.717) is 11.1 Å². The first-order chi connectivity index (χ1) is 7.10. The SMILES string of the molecule is COC(=O)c1cc(C(=O)NN)ccc1C. The Hall–Kier alpha value is -1.88. The topological polar surface area (TPSA) is 81.4 Å². The van der Waals surface area contributed by atoms with Crippen molar-refractivity contribution in [3.8, 4) is 0 Å². The van der Waals surface area contributed by atoms with Crippen molar-refractivity contribution in [2.24, 2.45) is 5.84 Å². The summed E-state index contributed by atoms with van der Waals surface area (Å²) >= 11 is 0. The van der Waals surface area contributed by atoms with Crippen molar-refractivity contribution in [1.29, 1.82) is 0 Å². The molecule has 1 amide bonds. The summed E-state index contributed by atoms with van der Waals surface area (Å²) in [5, 5.41) is 0. The van der Waals surface area contributed by atoms with Crippen molar-refractivity contribution in [2.45, 2.75) is 6.92 Å². The van der Waals surface area contributed by atoms with Crippen molar-refractivity contribution in [2.75, 3.05) is 7.11 Å². The van der Waals surface area contributed by atoms with Crippen LogP contribution in [-0.4, -0.2) is 19.0 Å². The highest BCUT2D eigenvalue weighted by molar-refractivity contribution is 5.98. The average Bonchev–Trinajstić information content (AvgIpc) is 2.27. The molecule has 0 aliphatic rings. The number of carbonyl (C=O) groups excluding carboxylic acids is 2. The molecule has 5 heteroatoms. The molecule has 1 rings (SSSR count). The Morgan fingerprint density at radius 2 is 2.07 bits per heavy atom. The average molecular weight is 208 g/mol. The third kappa shape index (κ3) is 2.32. The maximum Gasteiger partial charge on any atom is 0.338 e. The van der Waals surface area contributed by atoms with E-state index in [1.807, 2.05) is 5.43 Å². The Morgan fingerprint density at radius 1 is 1.40 bits per heavy atom. The zero-order chi connectivity index (χ0) is 11.4. The van der Waals surface area contributed by atoms with E-state index in [0.717, 1.165) is 5.56 Å². The molecule has 0 heterocycles. The molecule has 0 aliphatic carbocycles. The first-order valence-corrected chi connectivity index (χ1v) is 4.30. The van der Waals surface area contributed by atoms with Gasteiger partial charge in [0.1, 0.15) is 0 Å². The molecule has 0 spiro atoms. The summed E-state index contributed by atoms with van der Waals surface area (Å²) in [5.74, 6) is 4.07. The van der Waals surface area contributed by atoms with E-state index in [9.17, 15) is 9.59 Å². The lowest BCUT2D eigenvalue weighted by Gasteiger charge is -2.06. The first kappa shape index (κ1) is 11.2. The van der Waals surface area contributed by atoms with Gasteiger partial charge < -0.3 is 4.74 Å². The van der Waals surface area contributed by atoms with E-state index in [2.05, 4.69) is 4.74 Å². The van der Waals surface area contributed by atoms with E-state index >= 15 is 0 Å². The molecule has 0 saturated heterocycles. The van der Waals surface area contributed by atoms with Crippen molar-refractivity contribution in [3.63, 3.8) is 0 Å². The molecule has 3 N–H and O–H groups in total. The molecule has 0 fully saturated rings. The van der Waals surface area contributed by atoms with Crippen LogP contribution in [0.1, 0.15) is 26.3 Å². The fraction of sp³-hybridized carbons (Fsp3) is 0.200. The van der Waals surface area contributed by atoms with Crippen LogP contribution in [0.3, 0.4) is 0 Å². The van der Waals surface area contributed by atoms with Crippen LogP contribution in [0.25, 0.3) is 0 Å². The number of amides is 1. The molecular formula is C10H12N2O3. The van der Waals surface area contributed by atoms with E-state index in [-0.39, 0.29) is 0 Å². The van der Waals surface area contributed by atoms with Gasteiger partial charge in [-0.1, -0.05) is 6.07 Å². The van der Waals surface area contributed by atoms with E-state index in [1.165, 1.54) is 13.2 Å². The van der Waals surface area contributed by atoms with Gasteiger partial charge in [-0.15, -0.1) is 0 Å². The van der Waals surface area contributed by atoms with Crippen LogP contribution in [0.5, 0.6) is 0 Å². The van der Waals surface area contributed by atoms with Crippen LogP contribution < -0.4 is 11.3 Å². The number of benzene rings is 1. The Kier molecular flexibility index (Phi) is 3.41. The van der Waals surface area contributed by atoms with Gasteiger partial charge in [0.05, 0.1) is 12.7 Å². The summed E-state index contributed by atoms with van der Waals surface area (Å²) in [6.45, 7) is 1.76. The normalized spacial score (nSPS) is 9.53. The van der Waals surface area contributed by atoms with Crippen LogP contribution in [0, 0.1) is 6.92 Å². The van der Waals surface area contributed by atoms with Gasteiger partial charge in [-0.2, -0.15) is 0 Å². The lowest BCUT2D eigenvalue weighted by atomic mass is 10.0. The molecule has 80 valence electrons. The molecule has 0 saturated carbocycles. The highest BCUT2D eigenvalue weighted by Crippen LogP contribution is 2.12. The monoisotopic (exact) mass is 208 g/mol. The van der Waals surface area contributed by atoms with Gasteiger partial charge in [0.2, 0.25) is 0 Å². The van der Waals surface area contributed by atoms with Crippen molar-refractivity contribution in [3.05, 3.63) is 34.9 Å². The van der Waals surface area contributed by atoms with Gasteiger partial charge in [-0.05, 0) is 24.6 Å². The number of carbonyl (C=O) groups is 2. The van der Waals surface area contributed by atoms with Crippen molar-refractivity contribution >= 4 is 11.9 Å². The zero-order valence-corrected chi connectivity index (χ0v) is 8.53. The Labute approximate surface area is 87.2 Å². The standard InChI is InChI=1S/C10H12N2O3/c1-6-3-4-7(9(13)12-11)5-8(6)10(14)15-2/h3-5H,11H2,1-2H3,(H,12,13). The predicted octanol–water partition coefficient (Wildman–Crippen LogP) is 0.385. The van der Waals surface area contributed by atoms with Crippen LogP contribution in [-0.2, 0) is 4.74 Å². The zero-order valence-electron chi connectivity index (χ0n) is 8.53. The summed E-state index contributed by atoms with van der Waals surface area (Å²) in [4.78, 5) is 22.5. The molecule has 0 radical (unpaired) electrons. The van der Waals surface area contributed by atoms with Gasteiger partial charge in [0.25, 0.3) is 5.91 Å². The predicted molar refractivity (Wildman–Crippen MR) is 54.2 cm³/mol. The third-order valence-corrected chi connectivity index (χ3v) is 2.04. The Bertz CT molecular complexity index is 402. The van der Waals surface area contributed by atoms with Gasteiger partial charge in [0.15, 0.2) is 0 Å². The maximum atomic E-state index is 11.3. The molecule has 1 aromatic rings. The lowest BCUT2D eigenvalue weighted by molar-refractivity contribution is 0.0600. The third-order valence-electron chi connectivity index (χ3n) is 2.04. The number of nitrogens with one attached hydrogen (secondary N) is 1. The van der Waals surface area contributed by atoms with Crippen LogP contribution in [0.2, 0.25) is 0 Å².